The van der Waals surface area contributed by atoms with Crippen molar-refractivity contribution in [3.63, 3.8) is 0 Å². The number of nitrogens with one attached hydrogen (secondary N) is 9. The third kappa shape index (κ3) is 28.2. The van der Waals surface area contributed by atoms with E-state index in [-0.39, 0.29) is 75.9 Å². The second-order valence-corrected chi connectivity index (χ2v) is 26.4. The summed E-state index contributed by atoms with van der Waals surface area (Å²) in [5.74, 6) is -13.3. The molecule has 0 saturated carbocycles. The van der Waals surface area contributed by atoms with E-state index in [0.717, 1.165) is 17.4 Å². The maximum atomic E-state index is 14.8. The molecular weight excluding hydrogens is 1350 g/mol. The highest BCUT2D eigenvalue weighted by Gasteiger charge is 2.39. The van der Waals surface area contributed by atoms with Crippen molar-refractivity contribution in [2.24, 2.45) is 67.9 Å². The lowest BCUT2D eigenvalue weighted by molar-refractivity contribution is -0.143. The molecule has 24 N–H and O–H groups in total. The van der Waals surface area contributed by atoms with E-state index < -0.39 is 162 Å². The maximum Gasteiger partial charge on any atom is 0.245 e. The number of nitrogens with zero attached hydrogens (tertiary/aromatic N) is 3. The van der Waals surface area contributed by atoms with Gasteiger partial charge in [-0.3, -0.25) is 67.5 Å². The highest BCUT2D eigenvalue weighted by molar-refractivity contribution is 6.30. The maximum absolute atomic E-state index is 14.8. The molecule has 0 saturated heterocycles. The predicted octanol–water partition coefficient (Wildman–Crippen LogP) is -1.34. The lowest BCUT2D eigenvalue weighted by atomic mass is 9.98. The summed E-state index contributed by atoms with van der Waals surface area (Å²) in [6.45, 7) is 9.46. The van der Waals surface area contributed by atoms with Gasteiger partial charge in [-0.05, 0) is 111 Å². The molecule has 0 unspecified atom stereocenters. The first-order valence-corrected chi connectivity index (χ1v) is 33.7. The van der Waals surface area contributed by atoms with Crippen molar-refractivity contribution in [3.05, 3.63) is 106 Å². The van der Waals surface area contributed by atoms with Crippen molar-refractivity contribution in [3.8, 4) is 0 Å². The number of carbonyl (C=O) groups is 12. The zero-order chi connectivity index (χ0) is 75.4. The largest absolute Gasteiger partial charge is 0.391 e. The molecule has 1 aromatic heterocycles. The summed E-state index contributed by atoms with van der Waals surface area (Å²) in [4.78, 5) is 179. The molecule has 3 aromatic carbocycles. The van der Waals surface area contributed by atoms with E-state index in [4.69, 9.17) is 63.3 Å². The van der Waals surface area contributed by atoms with Crippen LogP contribution >= 0.6 is 23.2 Å². The number of rotatable bonds is 42. The zero-order valence-corrected chi connectivity index (χ0v) is 59.2. The number of halogens is 2. The Hall–Kier alpha value is -10.1. The number of benzene rings is 3. The first-order valence-electron chi connectivity index (χ1n) is 32.9. The van der Waals surface area contributed by atoms with Crippen LogP contribution in [0.2, 0.25) is 10.0 Å². The number of carbonyl (C=O) groups excluding carboxylic acids is 12. The lowest BCUT2D eigenvalue weighted by Crippen LogP contribution is -2.63. The Balaban J connectivity index is 1.64. The van der Waals surface area contributed by atoms with Crippen molar-refractivity contribution in [1.82, 2.24) is 52.4 Å². The fourth-order valence-electron chi connectivity index (χ4n) is 10.8. The van der Waals surface area contributed by atoms with E-state index >= 15 is 0 Å². The number of H-pyrrole nitrogens is 1. The fourth-order valence-corrected chi connectivity index (χ4v) is 11.0. The molecule has 0 aliphatic heterocycles. The van der Waals surface area contributed by atoms with Crippen LogP contribution in [0.15, 0.2) is 89.0 Å². The quantitative estimate of drug-likeness (QED) is 0.0139. The number of hydrogen-bond acceptors (Lipinski definition) is 15. The van der Waals surface area contributed by atoms with Gasteiger partial charge in [0.05, 0.1) is 12.5 Å². The number of fused-ring (bicyclic) bond motifs is 1. The molecule has 1 heterocycles. The van der Waals surface area contributed by atoms with Crippen LogP contribution in [0.4, 0.5) is 0 Å². The molecule has 0 radical (unpaired) electrons. The van der Waals surface area contributed by atoms with Gasteiger partial charge in [0, 0.05) is 72.5 Å². The summed E-state index contributed by atoms with van der Waals surface area (Å²) >= 11 is 12.1. The highest BCUT2D eigenvalue weighted by atomic mass is 35.5. The fraction of sp³-hybridized carbons (Fsp3) is 0.493. The monoisotopic (exact) mass is 1450 g/mol. The normalized spacial score (nSPS) is 14.5. The van der Waals surface area contributed by atoms with Crippen molar-refractivity contribution in [2.75, 3.05) is 20.1 Å². The topological polar surface area (TPSA) is 547 Å². The minimum Gasteiger partial charge on any atom is -0.391 e. The number of aliphatic imine (C=N–C) groups is 2. The molecule has 0 aliphatic carbocycles. The molecule has 32 nitrogen and oxygen atoms in total. The van der Waals surface area contributed by atoms with Crippen molar-refractivity contribution < 1.29 is 62.6 Å². The Morgan fingerprint density at radius 3 is 1.53 bits per heavy atom. The predicted molar refractivity (Wildman–Crippen MR) is 381 cm³/mol. The number of likely N-dealkylation sites (N-methyl/N-ethyl adjacent to an activating group) is 1. The molecule has 4 rings (SSSR count). The summed E-state index contributed by atoms with van der Waals surface area (Å²) in [6, 6.07) is 6.49. The van der Waals surface area contributed by atoms with Gasteiger partial charge in [0.2, 0.25) is 70.9 Å². The minimum atomic E-state index is -1.88. The zero-order valence-electron chi connectivity index (χ0n) is 57.7. The standard InChI is InChI=1S/C67H97Cl2N19O13/c1-34(2)28-48(83-57(93)36(5)29-38-16-20-41(68)21-17-38)59(95)85-50(32-53(71)91)60(96)84-49(31-40-33-79-44-13-9-8-12-43(40)44)61(97)86-54(35(3)4)63(99)87-55(37(6)89)64(100)80-45(14-10-26-77-66(73)74)58(94)81-46(24-25-52(70)90)65(101)88(7)51(15-11-27-78-67(75)76)62(98)82-47(56(72)92)30-39-18-22-42(69)23-19-39/h8-9,12-13,16-23,33-37,45-51,54-55,79,89H,10-11,14-15,24-32H2,1-7H3,(H2,70,90)(H2,71,91)(H2,72,92)(H,80,100)(H,81,94)(H,82,98)(H,83,93)(H,84,96)(H,85,95)(H,86,97)(H,87,99)(H4,73,74,77)(H4,75,76,78)/t36-,37+,45-,46-,47-,48-,49-,50-,51-,54-,55-/m0/s1. The van der Waals surface area contributed by atoms with E-state index in [1.807, 2.05) is 13.8 Å². The van der Waals surface area contributed by atoms with Gasteiger partial charge in [0.25, 0.3) is 0 Å². The van der Waals surface area contributed by atoms with Crippen molar-refractivity contribution >= 4 is 117 Å². The number of aromatic amines is 1. The molecule has 4 aromatic rings. The van der Waals surface area contributed by atoms with Crippen molar-refractivity contribution in [1.29, 1.82) is 0 Å². The molecule has 0 aliphatic rings. The Bertz CT molecular complexity index is 3580. The third-order valence-corrected chi connectivity index (χ3v) is 16.8. The van der Waals surface area contributed by atoms with Gasteiger partial charge in [-0.25, -0.2) is 0 Å². The van der Waals surface area contributed by atoms with Crippen LogP contribution in [0.1, 0.15) is 110 Å². The lowest BCUT2D eigenvalue weighted by Gasteiger charge is -2.32. The Kier molecular flexibility index (Phi) is 33.7. The molecule has 34 heteroatoms. The summed E-state index contributed by atoms with van der Waals surface area (Å²) in [5.41, 5.74) is 41.7. The summed E-state index contributed by atoms with van der Waals surface area (Å²) in [6.07, 6.45) is -2.00. The van der Waals surface area contributed by atoms with Crippen LogP contribution in [0.25, 0.3) is 10.9 Å². The molecule has 552 valence electrons. The average Bonchev–Trinajstić information content (AvgIpc) is 1.78. The van der Waals surface area contributed by atoms with Crippen molar-refractivity contribution in [2.45, 2.75) is 173 Å². The van der Waals surface area contributed by atoms with E-state index in [1.54, 1.807) is 99.8 Å². The van der Waals surface area contributed by atoms with Gasteiger partial charge in [-0.2, -0.15) is 0 Å². The van der Waals surface area contributed by atoms with E-state index in [1.165, 1.54) is 7.05 Å². The van der Waals surface area contributed by atoms with Gasteiger partial charge in [0.1, 0.15) is 54.4 Å². The molecule has 12 amide bonds. The van der Waals surface area contributed by atoms with E-state index in [0.29, 0.717) is 38.5 Å². The Labute approximate surface area is 595 Å². The number of aromatic nitrogens is 1. The smallest absolute Gasteiger partial charge is 0.245 e. The summed E-state index contributed by atoms with van der Waals surface area (Å²) in [5, 5.41) is 33.5. The third-order valence-electron chi connectivity index (χ3n) is 16.3. The van der Waals surface area contributed by atoms with E-state index in [2.05, 4.69) is 57.5 Å². The Morgan fingerprint density at radius 1 is 0.505 bits per heavy atom. The molecule has 0 fully saturated rings. The number of guanidine groups is 2. The number of aliphatic hydroxyl groups is 1. The molecular formula is C67H97Cl2N19O13. The van der Waals surface area contributed by atoms with Crippen LogP contribution in [0.3, 0.4) is 0 Å². The van der Waals surface area contributed by atoms with Gasteiger partial charge in [-0.15, -0.1) is 0 Å². The minimum absolute atomic E-state index is 0.00200. The SMILES string of the molecule is CC(C)C[C@H](NC(=O)[C@@H](C)Cc1ccc(Cl)cc1)C(=O)N[C@@H](CC(N)=O)C(=O)N[C@@H](Cc1c[nH]c2ccccc12)C(=O)N[C@H](C(=O)N[C@H](C(=O)N[C@@H](CCCN=C(N)N)C(=O)N[C@@H](CCC(N)=O)C(=O)N(C)[C@@H](CCCN=C(N)N)C(=O)N[C@@H](Cc1ccc(Cl)cc1)C(N)=O)[C@@H](C)O)C(C)C. The van der Waals surface area contributed by atoms with Crippen LogP contribution in [-0.4, -0.2) is 178 Å². The summed E-state index contributed by atoms with van der Waals surface area (Å²) in [7, 11) is 1.23. The second-order valence-electron chi connectivity index (χ2n) is 25.5. The number of hydrogen-bond donors (Lipinski definition) is 17. The van der Waals surface area contributed by atoms with Gasteiger partial charge >= 0.3 is 0 Å². The number of para-hydroxylation sites is 1. The van der Waals surface area contributed by atoms with Crippen LogP contribution in [-0.2, 0) is 76.8 Å². The van der Waals surface area contributed by atoms with Crippen LogP contribution < -0.4 is 82.7 Å². The first kappa shape index (κ1) is 83.3. The summed E-state index contributed by atoms with van der Waals surface area (Å²) < 4.78 is 0. The van der Waals surface area contributed by atoms with Gasteiger partial charge in [-0.1, -0.05) is 100 Å². The molecule has 0 bridgehead atoms. The van der Waals surface area contributed by atoms with Gasteiger partial charge in [0.15, 0.2) is 11.9 Å². The number of nitrogens with two attached hydrogens (primary N) is 7. The average molecular weight is 1450 g/mol. The molecule has 11 atom stereocenters. The number of primary amides is 3. The Morgan fingerprint density at radius 2 is 0.990 bits per heavy atom. The molecule has 101 heavy (non-hydrogen) atoms. The van der Waals surface area contributed by atoms with Crippen LogP contribution in [0.5, 0.6) is 0 Å². The van der Waals surface area contributed by atoms with Crippen LogP contribution in [0, 0.1) is 17.8 Å². The number of aliphatic hydroxyl groups excluding tert-OH is 1. The van der Waals surface area contributed by atoms with Gasteiger partial charge < -0.3 is 97.7 Å². The second kappa shape index (κ2) is 40.9. The number of amides is 12. The van der Waals surface area contributed by atoms with E-state index in [9.17, 15) is 62.6 Å². The highest BCUT2D eigenvalue weighted by Crippen LogP contribution is 2.22. The molecule has 0 spiro atoms. The first-order chi connectivity index (χ1) is 47.5.